The fourth-order valence-electron chi connectivity index (χ4n) is 3.62. The van der Waals surface area contributed by atoms with Gasteiger partial charge in [-0.3, -0.25) is 5.32 Å². The fraction of sp³-hybridized carbons (Fsp3) is 0.538. The van der Waals surface area contributed by atoms with Crippen molar-refractivity contribution in [2.24, 2.45) is 0 Å². The Bertz CT molecular complexity index is 803. The van der Waals surface area contributed by atoms with Crippen LogP contribution in [0, 0.1) is 0 Å². The summed E-state index contributed by atoms with van der Waals surface area (Å²) >= 11 is 1.34. The summed E-state index contributed by atoms with van der Waals surface area (Å²) < 4.78 is 5.24. The van der Waals surface area contributed by atoms with E-state index in [1.54, 1.807) is 6.07 Å². The number of aromatic carboxylic acids is 1. The van der Waals surface area contributed by atoms with Crippen molar-refractivity contribution in [3.05, 3.63) is 52.4 Å². The van der Waals surface area contributed by atoms with Crippen molar-refractivity contribution in [3.63, 3.8) is 0 Å². The molecule has 0 atom stereocenters. The number of ether oxygens (including phenoxy) is 1. The SMILES string of the molecule is CCCCCCCCCCc1cc(C(=O)O)c(NC(=O)OCCCCc2ccccc2)s1. The van der Waals surface area contributed by atoms with Crippen molar-refractivity contribution in [2.45, 2.75) is 84.0 Å². The van der Waals surface area contributed by atoms with Crippen LogP contribution in [0.1, 0.15) is 91.9 Å². The monoisotopic (exact) mass is 459 g/mol. The number of unbranched alkanes of at least 4 members (excludes halogenated alkanes) is 8. The lowest BCUT2D eigenvalue weighted by Crippen LogP contribution is -2.15. The molecule has 0 aliphatic rings. The van der Waals surface area contributed by atoms with Gasteiger partial charge in [0.15, 0.2) is 0 Å². The minimum absolute atomic E-state index is 0.144. The summed E-state index contributed by atoms with van der Waals surface area (Å²) in [5.41, 5.74) is 1.41. The van der Waals surface area contributed by atoms with Crippen molar-refractivity contribution >= 4 is 28.4 Å². The van der Waals surface area contributed by atoms with Gasteiger partial charge in [0, 0.05) is 4.88 Å². The molecule has 0 unspecified atom stereocenters. The van der Waals surface area contributed by atoms with E-state index in [1.807, 2.05) is 18.2 Å². The average Bonchev–Trinajstić information content (AvgIpc) is 3.19. The van der Waals surface area contributed by atoms with E-state index >= 15 is 0 Å². The number of hydrogen-bond acceptors (Lipinski definition) is 4. The third-order valence-electron chi connectivity index (χ3n) is 5.44. The third-order valence-corrected chi connectivity index (χ3v) is 6.55. The summed E-state index contributed by atoms with van der Waals surface area (Å²) in [6.07, 6.45) is 12.8. The zero-order chi connectivity index (χ0) is 23.0. The Morgan fingerprint density at radius 1 is 0.906 bits per heavy atom. The van der Waals surface area contributed by atoms with Crippen LogP contribution in [0.4, 0.5) is 9.80 Å². The van der Waals surface area contributed by atoms with Gasteiger partial charge in [0.1, 0.15) is 5.00 Å². The highest BCUT2D eigenvalue weighted by atomic mass is 32.1. The summed E-state index contributed by atoms with van der Waals surface area (Å²) in [6, 6.07) is 11.9. The van der Waals surface area contributed by atoms with Gasteiger partial charge in [0.2, 0.25) is 0 Å². The molecule has 0 bridgehead atoms. The van der Waals surface area contributed by atoms with E-state index in [0.717, 1.165) is 43.4 Å². The standard InChI is InChI=1S/C26H37NO4S/c1-2-3-4-5-6-7-8-12-18-22-20-23(25(28)29)24(32-22)27-26(30)31-19-14-13-17-21-15-10-9-11-16-21/h9-11,15-16,20H,2-8,12-14,17-19H2,1H3,(H,27,30)(H,28,29). The Hall–Kier alpha value is -2.34. The molecule has 32 heavy (non-hydrogen) atoms. The predicted octanol–water partition coefficient (Wildman–Crippen LogP) is 7.70. The molecule has 0 fully saturated rings. The fourth-order valence-corrected chi connectivity index (χ4v) is 4.70. The number of carbonyl (C=O) groups is 2. The van der Waals surface area contributed by atoms with Crippen molar-refractivity contribution in [3.8, 4) is 0 Å². The van der Waals surface area contributed by atoms with E-state index in [2.05, 4.69) is 24.4 Å². The maximum atomic E-state index is 12.1. The second kappa shape index (κ2) is 15.5. The zero-order valence-electron chi connectivity index (χ0n) is 19.2. The molecule has 0 saturated carbocycles. The van der Waals surface area contributed by atoms with Gasteiger partial charge in [-0.05, 0) is 43.7 Å². The van der Waals surface area contributed by atoms with Crippen LogP contribution in [0.3, 0.4) is 0 Å². The molecule has 5 nitrogen and oxygen atoms in total. The van der Waals surface area contributed by atoms with Gasteiger partial charge >= 0.3 is 12.1 Å². The van der Waals surface area contributed by atoms with Gasteiger partial charge in [0.25, 0.3) is 0 Å². The highest BCUT2D eigenvalue weighted by Gasteiger charge is 2.17. The largest absolute Gasteiger partial charge is 0.478 e. The highest BCUT2D eigenvalue weighted by molar-refractivity contribution is 7.16. The first kappa shape index (κ1) is 25.9. The van der Waals surface area contributed by atoms with Crippen LogP contribution in [-0.4, -0.2) is 23.8 Å². The van der Waals surface area contributed by atoms with Crippen molar-refractivity contribution in [1.29, 1.82) is 0 Å². The molecular weight excluding hydrogens is 422 g/mol. The van der Waals surface area contributed by atoms with E-state index in [1.165, 1.54) is 55.4 Å². The summed E-state index contributed by atoms with van der Waals surface area (Å²) in [5.74, 6) is -1.03. The molecule has 1 aromatic carbocycles. The van der Waals surface area contributed by atoms with E-state index < -0.39 is 12.1 Å². The average molecular weight is 460 g/mol. The number of aryl methyl sites for hydroxylation is 2. The van der Waals surface area contributed by atoms with Gasteiger partial charge in [-0.1, -0.05) is 82.2 Å². The van der Waals surface area contributed by atoms with Crippen molar-refractivity contribution in [1.82, 2.24) is 0 Å². The number of thiophene rings is 1. The number of rotatable bonds is 16. The van der Waals surface area contributed by atoms with Gasteiger partial charge in [-0.15, -0.1) is 11.3 Å². The number of benzene rings is 1. The van der Waals surface area contributed by atoms with Gasteiger partial charge in [-0.25, -0.2) is 9.59 Å². The van der Waals surface area contributed by atoms with Gasteiger partial charge in [0.05, 0.1) is 12.2 Å². The number of hydrogen-bond donors (Lipinski definition) is 2. The smallest absolute Gasteiger partial charge is 0.412 e. The van der Waals surface area contributed by atoms with E-state index in [4.69, 9.17) is 4.74 Å². The van der Waals surface area contributed by atoms with E-state index in [-0.39, 0.29) is 5.56 Å². The number of anilines is 1. The topological polar surface area (TPSA) is 75.6 Å². The summed E-state index contributed by atoms with van der Waals surface area (Å²) in [6.45, 7) is 2.54. The van der Waals surface area contributed by atoms with Crippen LogP contribution < -0.4 is 5.32 Å². The number of carboxylic acids is 1. The van der Waals surface area contributed by atoms with Crippen LogP contribution in [0.15, 0.2) is 36.4 Å². The van der Waals surface area contributed by atoms with E-state index in [0.29, 0.717) is 11.6 Å². The summed E-state index contributed by atoms with van der Waals surface area (Å²) in [4.78, 5) is 24.7. The van der Waals surface area contributed by atoms with Crippen LogP contribution in [-0.2, 0) is 17.6 Å². The Balaban J connectivity index is 1.68. The number of carbonyl (C=O) groups excluding carboxylic acids is 1. The van der Waals surface area contributed by atoms with Crippen LogP contribution in [0.25, 0.3) is 0 Å². The zero-order valence-corrected chi connectivity index (χ0v) is 20.1. The molecule has 0 spiro atoms. The minimum atomic E-state index is -1.03. The maximum absolute atomic E-state index is 12.1. The molecule has 1 aromatic heterocycles. The number of carboxylic acid groups (broad SMARTS) is 1. The quantitative estimate of drug-likeness (QED) is 0.252. The second-order valence-electron chi connectivity index (χ2n) is 8.19. The Morgan fingerprint density at radius 3 is 2.25 bits per heavy atom. The first-order chi connectivity index (χ1) is 15.6. The van der Waals surface area contributed by atoms with Crippen LogP contribution in [0.2, 0.25) is 0 Å². The van der Waals surface area contributed by atoms with E-state index in [9.17, 15) is 14.7 Å². The predicted molar refractivity (Wildman–Crippen MR) is 132 cm³/mol. The first-order valence-electron chi connectivity index (χ1n) is 11.9. The molecule has 0 saturated heterocycles. The molecular formula is C26H37NO4S. The molecule has 6 heteroatoms. The molecule has 2 aromatic rings. The number of nitrogens with one attached hydrogen (secondary N) is 1. The lowest BCUT2D eigenvalue weighted by atomic mass is 10.1. The minimum Gasteiger partial charge on any atom is -0.478 e. The van der Waals surface area contributed by atoms with Crippen molar-refractivity contribution in [2.75, 3.05) is 11.9 Å². The molecule has 2 rings (SSSR count). The molecule has 0 radical (unpaired) electrons. The Kier molecular flexibility index (Phi) is 12.5. The molecule has 1 amide bonds. The Labute approximate surface area is 196 Å². The van der Waals surface area contributed by atoms with Gasteiger partial charge < -0.3 is 9.84 Å². The van der Waals surface area contributed by atoms with Gasteiger partial charge in [-0.2, -0.15) is 0 Å². The first-order valence-corrected chi connectivity index (χ1v) is 12.8. The third kappa shape index (κ3) is 10.3. The Morgan fingerprint density at radius 2 is 1.56 bits per heavy atom. The number of amides is 1. The normalized spacial score (nSPS) is 10.8. The second-order valence-corrected chi connectivity index (χ2v) is 9.33. The molecule has 0 aliphatic carbocycles. The summed E-state index contributed by atoms with van der Waals surface area (Å²) in [7, 11) is 0. The maximum Gasteiger partial charge on any atom is 0.412 e. The molecule has 1 heterocycles. The van der Waals surface area contributed by atoms with Crippen LogP contribution >= 0.6 is 11.3 Å². The van der Waals surface area contributed by atoms with Crippen LogP contribution in [0.5, 0.6) is 0 Å². The molecule has 0 aliphatic heterocycles. The highest BCUT2D eigenvalue weighted by Crippen LogP contribution is 2.30. The lowest BCUT2D eigenvalue weighted by Gasteiger charge is -2.06. The molecule has 2 N–H and O–H groups in total. The lowest BCUT2D eigenvalue weighted by molar-refractivity contribution is 0.0698. The molecule has 176 valence electrons. The summed E-state index contributed by atoms with van der Waals surface area (Å²) in [5, 5.41) is 12.5. The van der Waals surface area contributed by atoms with Crippen molar-refractivity contribution < 1.29 is 19.4 Å².